The van der Waals surface area contributed by atoms with Crippen molar-refractivity contribution in [3.8, 4) is 11.8 Å². The Balaban J connectivity index is 2.34. The van der Waals surface area contributed by atoms with Crippen LogP contribution in [0.25, 0.3) is 0 Å². The fourth-order valence-electron chi connectivity index (χ4n) is 1.42. The number of hydrogen-bond donors (Lipinski definition) is 1. The Labute approximate surface area is 110 Å². The summed E-state index contributed by atoms with van der Waals surface area (Å²) in [7, 11) is 1.70. The van der Waals surface area contributed by atoms with Gasteiger partial charge in [0.1, 0.15) is 5.75 Å². The third-order valence-corrected chi connectivity index (χ3v) is 2.74. The first kappa shape index (κ1) is 12.6. The van der Waals surface area contributed by atoms with Crippen molar-refractivity contribution in [2.75, 3.05) is 12.4 Å². The van der Waals surface area contributed by atoms with Crippen molar-refractivity contribution in [3.63, 3.8) is 0 Å². The number of anilines is 1. The van der Waals surface area contributed by atoms with E-state index in [-0.39, 0.29) is 11.3 Å². The van der Waals surface area contributed by atoms with E-state index < -0.39 is 0 Å². The van der Waals surface area contributed by atoms with E-state index in [1.807, 2.05) is 32.0 Å². The van der Waals surface area contributed by atoms with Gasteiger partial charge in [0, 0.05) is 7.05 Å². The third-order valence-electron chi connectivity index (χ3n) is 2.57. The van der Waals surface area contributed by atoms with Gasteiger partial charge < -0.3 is 10.1 Å². The molecule has 5 nitrogen and oxygen atoms in total. The SMILES string of the molecule is CNc1nc(Cl)nc(Oc2cccc(C)c2C)n1. The Morgan fingerprint density at radius 3 is 2.67 bits per heavy atom. The Kier molecular flexibility index (Phi) is 3.62. The number of ether oxygens (including phenoxy) is 1. The summed E-state index contributed by atoms with van der Waals surface area (Å²) in [6, 6.07) is 5.97. The molecule has 6 heteroatoms. The normalized spacial score (nSPS) is 10.2. The molecule has 0 amide bonds. The van der Waals surface area contributed by atoms with E-state index in [1.54, 1.807) is 7.05 Å². The first-order chi connectivity index (χ1) is 8.60. The van der Waals surface area contributed by atoms with Gasteiger partial charge >= 0.3 is 6.01 Å². The molecule has 0 aliphatic carbocycles. The van der Waals surface area contributed by atoms with E-state index in [9.17, 15) is 0 Å². The predicted molar refractivity (Wildman–Crippen MR) is 70.4 cm³/mol. The topological polar surface area (TPSA) is 59.9 Å². The molecular weight excluding hydrogens is 252 g/mol. The molecule has 0 bridgehead atoms. The van der Waals surface area contributed by atoms with Crippen LogP contribution in [0.4, 0.5) is 5.95 Å². The van der Waals surface area contributed by atoms with Crippen LogP contribution in [0.3, 0.4) is 0 Å². The predicted octanol–water partition coefficient (Wildman–Crippen LogP) is 2.98. The number of benzene rings is 1. The van der Waals surface area contributed by atoms with Crippen molar-refractivity contribution in [2.24, 2.45) is 0 Å². The number of aromatic nitrogens is 3. The second-order valence-corrected chi connectivity index (χ2v) is 4.10. The highest BCUT2D eigenvalue weighted by Crippen LogP contribution is 2.25. The van der Waals surface area contributed by atoms with E-state index in [4.69, 9.17) is 16.3 Å². The minimum absolute atomic E-state index is 0.0923. The van der Waals surface area contributed by atoms with Crippen LogP contribution in [0.15, 0.2) is 18.2 Å². The molecule has 0 unspecified atom stereocenters. The van der Waals surface area contributed by atoms with Crippen LogP contribution in [0.2, 0.25) is 5.28 Å². The molecular formula is C12H13ClN4O. The van der Waals surface area contributed by atoms with Gasteiger partial charge in [0.05, 0.1) is 0 Å². The van der Waals surface area contributed by atoms with Crippen LogP contribution in [0.5, 0.6) is 11.8 Å². The van der Waals surface area contributed by atoms with Gasteiger partial charge in [-0.05, 0) is 42.6 Å². The summed E-state index contributed by atoms with van der Waals surface area (Å²) in [5, 5.41) is 2.89. The van der Waals surface area contributed by atoms with Crippen LogP contribution in [-0.4, -0.2) is 22.0 Å². The molecule has 0 saturated carbocycles. The molecule has 0 atom stereocenters. The molecule has 2 rings (SSSR count). The standard InChI is InChI=1S/C12H13ClN4O/c1-7-5-4-6-9(8(7)2)18-12-16-10(13)15-11(14-3)17-12/h4-6H,1-3H3,(H,14,15,16,17). The lowest BCUT2D eigenvalue weighted by atomic mass is 10.1. The summed E-state index contributed by atoms with van der Waals surface area (Å²) in [6.45, 7) is 3.99. The molecule has 0 spiro atoms. The van der Waals surface area contributed by atoms with Gasteiger partial charge in [0.2, 0.25) is 11.2 Å². The zero-order chi connectivity index (χ0) is 13.1. The van der Waals surface area contributed by atoms with Crippen molar-refractivity contribution in [1.82, 2.24) is 15.0 Å². The molecule has 1 aromatic heterocycles. The van der Waals surface area contributed by atoms with Gasteiger partial charge in [0.15, 0.2) is 0 Å². The molecule has 0 aliphatic rings. The lowest BCUT2D eigenvalue weighted by Gasteiger charge is -2.09. The number of hydrogen-bond acceptors (Lipinski definition) is 5. The molecule has 0 saturated heterocycles. The number of halogens is 1. The van der Waals surface area contributed by atoms with Crippen LogP contribution in [0, 0.1) is 13.8 Å². The second-order valence-electron chi connectivity index (χ2n) is 3.76. The molecule has 1 N–H and O–H groups in total. The summed E-state index contributed by atoms with van der Waals surface area (Å²) in [5.41, 5.74) is 2.18. The summed E-state index contributed by atoms with van der Waals surface area (Å²) < 4.78 is 5.63. The largest absolute Gasteiger partial charge is 0.424 e. The van der Waals surface area contributed by atoms with Gasteiger partial charge in [-0.1, -0.05) is 12.1 Å². The maximum absolute atomic E-state index is 5.78. The van der Waals surface area contributed by atoms with E-state index in [0.717, 1.165) is 11.1 Å². The van der Waals surface area contributed by atoms with Crippen LogP contribution >= 0.6 is 11.6 Å². The van der Waals surface area contributed by atoms with Crippen LogP contribution in [0.1, 0.15) is 11.1 Å². The zero-order valence-electron chi connectivity index (χ0n) is 10.4. The lowest BCUT2D eigenvalue weighted by Crippen LogP contribution is -2.01. The minimum Gasteiger partial charge on any atom is -0.424 e. The molecule has 18 heavy (non-hydrogen) atoms. The average Bonchev–Trinajstić information content (AvgIpc) is 2.34. The molecule has 2 aromatic rings. The van der Waals surface area contributed by atoms with Crippen molar-refractivity contribution in [2.45, 2.75) is 13.8 Å². The summed E-state index contributed by atoms with van der Waals surface area (Å²) >= 11 is 5.78. The Morgan fingerprint density at radius 1 is 1.17 bits per heavy atom. The van der Waals surface area contributed by atoms with E-state index >= 15 is 0 Å². The molecule has 0 aliphatic heterocycles. The summed E-state index contributed by atoms with van der Waals surface area (Å²) in [6.07, 6.45) is 0. The first-order valence-electron chi connectivity index (χ1n) is 5.43. The highest BCUT2D eigenvalue weighted by molar-refractivity contribution is 6.28. The van der Waals surface area contributed by atoms with Gasteiger partial charge in [0.25, 0.3) is 0 Å². The quantitative estimate of drug-likeness (QED) is 0.923. The van der Waals surface area contributed by atoms with Crippen molar-refractivity contribution in [3.05, 3.63) is 34.6 Å². The molecule has 0 fully saturated rings. The molecule has 1 heterocycles. The van der Waals surface area contributed by atoms with Gasteiger partial charge in [-0.2, -0.15) is 15.0 Å². The molecule has 0 radical (unpaired) electrons. The molecule has 1 aromatic carbocycles. The van der Waals surface area contributed by atoms with Gasteiger partial charge in [-0.3, -0.25) is 0 Å². The van der Waals surface area contributed by atoms with E-state index in [1.165, 1.54) is 0 Å². The second kappa shape index (κ2) is 5.18. The molecule has 94 valence electrons. The van der Waals surface area contributed by atoms with Crippen molar-refractivity contribution >= 4 is 17.5 Å². The average molecular weight is 265 g/mol. The number of aryl methyl sites for hydroxylation is 1. The Hall–Kier alpha value is -1.88. The highest BCUT2D eigenvalue weighted by Gasteiger charge is 2.08. The monoisotopic (exact) mass is 264 g/mol. The summed E-state index contributed by atoms with van der Waals surface area (Å²) in [5.74, 6) is 1.08. The van der Waals surface area contributed by atoms with E-state index in [2.05, 4.69) is 20.3 Å². The Morgan fingerprint density at radius 2 is 1.94 bits per heavy atom. The zero-order valence-corrected chi connectivity index (χ0v) is 11.1. The fourth-order valence-corrected chi connectivity index (χ4v) is 1.57. The van der Waals surface area contributed by atoms with Crippen molar-refractivity contribution < 1.29 is 4.74 Å². The summed E-state index contributed by atoms with van der Waals surface area (Å²) in [4.78, 5) is 11.9. The number of nitrogens with one attached hydrogen (secondary N) is 1. The van der Waals surface area contributed by atoms with Gasteiger partial charge in [-0.15, -0.1) is 0 Å². The van der Waals surface area contributed by atoms with Gasteiger partial charge in [-0.25, -0.2) is 0 Å². The Bertz CT molecular complexity index is 574. The maximum atomic E-state index is 5.78. The number of rotatable bonds is 3. The fraction of sp³-hybridized carbons (Fsp3) is 0.250. The highest BCUT2D eigenvalue weighted by atomic mass is 35.5. The number of nitrogens with zero attached hydrogens (tertiary/aromatic N) is 3. The van der Waals surface area contributed by atoms with Crippen LogP contribution < -0.4 is 10.1 Å². The minimum atomic E-state index is 0.0923. The first-order valence-corrected chi connectivity index (χ1v) is 5.81. The van der Waals surface area contributed by atoms with E-state index in [0.29, 0.717) is 11.7 Å². The third kappa shape index (κ3) is 2.68. The lowest BCUT2D eigenvalue weighted by molar-refractivity contribution is 0.437. The maximum Gasteiger partial charge on any atom is 0.328 e. The van der Waals surface area contributed by atoms with Crippen LogP contribution in [-0.2, 0) is 0 Å². The van der Waals surface area contributed by atoms with Crippen molar-refractivity contribution in [1.29, 1.82) is 0 Å². The smallest absolute Gasteiger partial charge is 0.328 e.